The Morgan fingerprint density at radius 2 is 2.14 bits per heavy atom. The number of aromatic nitrogens is 1. The summed E-state index contributed by atoms with van der Waals surface area (Å²) in [5, 5.41) is 23.4. The van der Waals surface area contributed by atoms with Gasteiger partial charge in [-0.2, -0.15) is 0 Å². The van der Waals surface area contributed by atoms with Crippen LogP contribution < -0.4 is 10.1 Å². The lowest BCUT2D eigenvalue weighted by molar-refractivity contribution is 0.384. The van der Waals surface area contributed by atoms with Gasteiger partial charge in [0.15, 0.2) is 11.5 Å². The molecular weight excluding hydrogens is 268 g/mol. The molecule has 4 rings (SSSR count). The van der Waals surface area contributed by atoms with Crippen molar-refractivity contribution in [2.75, 3.05) is 13.7 Å². The number of phenols is 2. The van der Waals surface area contributed by atoms with Crippen molar-refractivity contribution in [2.45, 2.75) is 18.9 Å². The van der Waals surface area contributed by atoms with Crippen LogP contribution in [0, 0.1) is 0 Å². The first-order valence-electron chi connectivity index (χ1n) is 6.99. The standard InChI is InChI=1S/C16H16N2O3/c1-21-16-11-4-10-9(2-3-13(19)15(10)20)12-7-17-5-8(6-18-16)14(11)12/h2-3,6,12,17,19-20H,4-5,7H2,1H3. The lowest BCUT2D eigenvalue weighted by Crippen LogP contribution is -2.33. The first kappa shape index (κ1) is 12.5. The Kier molecular flexibility index (Phi) is 2.59. The molecule has 5 nitrogen and oxygen atoms in total. The first-order chi connectivity index (χ1) is 10.2. The summed E-state index contributed by atoms with van der Waals surface area (Å²) in [4.78, 5) is 4.37. The van der Waals surface area contributed by atoms with E-state index >= 15 is 0 Å². The van der Waals surface area contributed by atoms with Gasteiger partial charge < -0.3 is 20.3 Å². The number of aromatic hydroxyl groups is 2. The van der Waals surface area contributed by atoms with Crippen molar-refractivity contribution in [1.82, 2.24) is 10.3 Å². The molecule has 0 spiro atoms. The Morgan fingerprint density at radius 1 is 1.29 bits per heavy atom. The minimum atomic E-state index is -0.0796. The predicted molar refractivity (Wildman–Crippen MR) is 76.9 cm³/mol. The number of rotatable bonds is 1. The number of pyridine rings is 1. The molecule has 1 aliphatic heterocycles. The molecule has 1 atom stereocenters. The number of benzene rings is 1. The maximum absolute atomic E-state index is 10.2. The molecule has 1 unspecified atom stereocenters. The molecule has 0 fully saturated rings. The van der Waals surface area contributed by atoms with Crippen LogP contribution in [0.3, 0.4) is 0 Å². The van der Waals surface area contributed by atoms with Gasteiger partial charge in [-0.25, -0.2) is 4.98 Å². The fourth-order valence-electron chi connectivity index (χ4n) is 3.56. The monoisotopic (exact) mass is 284 g/mol. The number of hydrogen-bond donors (Lipinski definition) is 3. The summed E-state index contributed by atoms with van der Waals surface area (Å²) in [6.07, 6.45) is 2.40. The summed E-state index contributed by atoms with van der Waals surface area (Å²) in [5.74, 6) is 0.658. The quantitative estimate of drug-likeness (QED) is 0.694. The Hall–Kier alpha value is -2.27. The third-order valence-corrected chi connectivity index (χ3v) is 4.50. The zero-order valence-electron chi connectivity index (χ0n) is 11.7. The lowest BCUT2D eigenvalue weighted by Gasteiger charge is -2.34. The summed E-state index contributed by atoms with van der Waals surface area (Å²) >= 11 is 0. The number of nitrogens with zero attached hydrogens (tertiary/aromatic N) is 1. The van der Waals surface area contributed by atoms with Gasteiger partial charge in [0.05, 0.1) is 7.11 Å². The Labute approximate surface area is 122 Å². The van der Waals surface area contributed by atoms with Crippen LogP contribution in [0.25, 0.3) is 0 Å². The van der Waals surface area contributed by atoms with Gasteiger partial charge in [-0.1, -0.05) is 6.07 Å². The molecule has 0 radical (unpaired) electrons. The Bertz CT molecular complexity index is 743. The summed E-state index contributed by atoms with van der Waals surface area (Å²) in [6, 6.07) is 3.47. The third-order valence-electron chi connectivity index (χ3n) is 4.50. The van der Waals surface area contributed by atoms with Gasteiger partial charge in [0, 0.05) is 42.8 Å². The van der Waals surface area contributed by atoms with Crippen LogP contribution in [0.1, 0.15) is 33.7 Å². The van der Waals surface area contributed by atoms with E-state index < -0.39 is 0 Å². The summed E-state index contributed by atoms with van der Waals surface area (Å²) in [6.45, 7) is 1.61. The predicted octanol–water partition coefficient (Wildman–Crippen LogP) is 1.64. The Balaban J connectivity index is 2.00. The van der Waals surface area contributed by atoms with E-state index in [0.29, 0.717) is 12.3 Å². The fraction of sp³-hybridized carbons (Fsp3) is 0.312. The maximum atomic E-state index is 10.2. The topological polar surface area (TPSA) is 74.6 Å². The van der Waals surface area contributed by atoms with E-state index in [1.807, 2.05) is 12.3 Å². The van der Waals surface area contributed by atoms with Crippen molar-refractivity contribution >= 4 is 0 Å². The summed E-state index contributed by atoms with van der Waals surface area (Å²) < 4.78 is 5.39. The van der Waals surface area contributed by atoms with Crippen molar-refractivity contribution in [1.29, 1.82) is 0 Å². The SMILES string of the molecule is COc1ncc2c3c1Cc1c(ccc(O)c1O)C3CNC2. The number of ether oxygens (including phenoxy) is 1. The molecule has 1 aromatic carbocycles. The molecule has 0 amide bonds. The molecule has 2 aliphatic rings. The van der Waals surface area contributed by atoms with Gasteiger partial charge in [0.25, 0.3) is 0 Å². The summed E-state index contributed by atoms with van der Waals surface area (Å²) in [5.41, 5.74) is 5.31. The molecule has 0 saturated heterocycles. The second-order valence-electron chi connectivity index (χ2n) is 5.55. The number of hydrogen-bond acceptors (Lipinski definition) is 5. The van der Waals surface area contributed by atoms with Crippen LogP contribution >= 0.6 is 0 Å². The number of phenolic OH excluding ortho intramolecular Hbond substituents is 2. The van der Waals surface area contributed by atoms with Gasteiger partial charge in [-0.05, 0) is 22.8 Å². The molecule has 108 valence electrons. The highest BCUT2D eigenvalue weighted by Crippen LogP contribution is 2.47. The highest BCUT2D eigenvalue weighted by Gasteiger charge is 2.34. The van der Waals surface area contributed by atoms with Crippen molar-refractivity contribution in [3.05, 3.63) is 46.1 Å². The molecule has 5 heteroatoms. The van der Waals surface area contributed by atoms with Gasteiger partial charge >= 0.3 is 0 Å². The van der Waals surface area contributed by atoms with Gasteiger partial charge in [0.1, 0.15) is 0 Å². The normalized spacial score (nSPS) is 18.8. The second kappa shape index (κ2) is 4.36. The van der Waals surface area contributed by atoms with Crippen LogP contribution in [-0.4, -0.2) is 28.9 Å². The van der Waals surface area contributed by atoms with Crippen LogP contribution in [0.2, 0.25) is 0 Å². The van der Waals surface area contributed by atoms with E-state index in [0.717, 1.165) is 29.8 Å². The molecule has 21 heavy (non-hydrogen) atoms. The zero-order chi connectivity index (χ0) is 14.6. The van der Waals surface area contributed by atoms with Crippen molar-refractivity contribution in [3.8, 4) is 17.4 Å². The minimum Gasteiger partial charge on any atom is -0.504 e. The largest absolute Gasteiger partial charge is 0.504 e. The van der Waals surface area contributed by atoms with E-state index in [1.165, 1.54) is 11.1 Å². The van der Waals surface area contributed by atoms with E-state index in [2.05, 4.69) is 10.3 Å². The van der Waals surface area contributed by atoms with E-state index in [9.17, 15) is 10.2 Å². The molecule has 2 aromatic rings. The minimum absolute atomic E-state index is 0.0313. The average Bonchev–Trinajstić information content (AvgIpc) is 2.52. The van der Waals surface area contributed by atoms with E-state index in [4.69, 9.17) is 4.74 Å². The van der Waals surface area contributed by atoms with Crippen LogP contribution in [-0.2, 0) is 13.0 Å². The zero-order valence-corrected chi connectivity index (χ0v) is 11.7. The van der Waals surface area contributed by atoms with E-state index in [1.54, 1.807) is 13.2 Å². The van der Waals surface area contributed by atoms with Crippen molar-refractivity contribution in [3.63, 3.8) is 0 Å². The van der Waals surface area contributed by atoms with Gasteiger partial charge in [0.2, 0.25) is 5.88 Å². The molecule has 2 heterocycles. The molecule has 3 N–H and O–H groups in total. The van der Waals surface area contributed by atoms with Gasteiger partial charge in [-0.15, -0.1) is 0 Å². The third kappa shape index (κ3) is 1.64. The number of nitrogens with one attached hydrogen (secondary N) is 1. The van der Waals surface area contributed by atoms with Crippen LogP contribution in [0.15, 0.2) is 18.3 Å². The smallest absolute Gasteiger partial charge is 0.216 e. The molecule has 0 saturated carbocycles. The maximum Gasteiger partial charge on any atom is 0.216 e. The van der Waals surface area contributed by atoms with E-state index in [-0.39, 0.29) is 17.4 Å². The highest BCUT2D eigenvalue weighted by atomic mass is 16.5. The van der Waals surface area contributed by atoms with Crippen molar-refractivity contribution in [2.24, 2.45) is 0 Å². The van der Waals surface area contributed by atoms with Crippen molar-refractivity contribution < 1.29 is 14.9 Å². The van der Waals surface area contributed by atoms with Gasteiger partial charge in [-0.3, -0.25) is 0 Å². The number of methoxy groups -OCH3 is 1. The molecule has 0 bridgehead atoms. The second-order valence-corrected chi connectivity index (χ2v) is 5.55. The molecule has 1 aromatic heterocycles. The Morgan fingerprint density at radius 3 is 2.95 bits per heavy atom. The lowest BCUT2D eigenvalue weighted by atomic mass is 9.75. The average molecular weight is 284 g/mol. The van der Waals surface area contributed by atoms with Crippen LogP contribution in [0.4, 0.5) is 0 Å². The van der Waals surface area contributed by atoms with Crippen LogP contribution in [0.5, 0.6) is 17.4 Å². The molecule has 1 aliphatic carbocycles. The molecular formula is C16H16N2O3. The number of fused-ring (bicyclic) bond motifs is 2. The highest BCUT2D eigenvalue weighted by molar-refractivity contribution is 5.61. The fourth-order valence-corrected chi connectivity index (χ4v) is 3.56. The first-order valence-corrected chi connectivity index (χ1v) is 6.99. The summed E-state index contributed by atoms with van der Waals surface area (Å²) in [7, 11) is 1.61.